The molecule has 0 aliphatic heterocycles. The van der Waals surface area contributed by atoms with Gasteiger partial charge in [-0.25, -0.2) is 23.5 Å². The third kappa shape index (κ3) is 3.93. The maximum absolute atomic E-state index is 13.1. The van der Waals surface area contributed by atoms with Crippen LogP contribution in [0.25, 0.3) is 0 Å². The van der Waals surface area contributed by atoms with Gasteiger partial charge in [0, 0.05) is 12.8 Å². The van der Waals surface area contributed by atoms with Crippen molar-refractivity contribution in [3.63, 3.8) is 0 Å². The second-order valence-electron chi connectivity index (χ2n) is 4.53. The number of hydrogen-bond acceptors (Lipinski definition) is 5. The van der Waals surface area contributed by atoms with Crippen molar-refractivity contribution in [2.75, 3.05) is 13.2 Å². The average Bonchev–Trinajstić information content (AvgIpc) is 2.46. The summed E-state index contributed by atoms with van der Waals surface area (Å²) in [5, 5.41) is 0. The Morgan fingerprint density at radius 3 is 2.48 bits per heavy atom. The first kappa shape index (κ1) is 17.4. The minimum Gasteiger partial charge on any atom is -0.462 e. The molecule has 0 N–H and O–H groups in total. The van der Waals surface area contributed by atoms with E-state index >= 15 is 0 Å². The van der Waals surface area contributed by atoms with Gasteiger partial charge in [-0.15, -0.1) is 0 Å². The van der Waals surface area contributed by atoms with Crippen molar-refractivity contribution in [1.29, 1.82) is 0 Å². The third-order valence-electron chi connectivity index (χ3n) is 3.13. The minimum atomic E-state index is -2.89. The highest BCUT2D eigenvalue weighted by atomic mass is 19.3. The maximum atomic E-state index is 13.1. The largest absolute Gasteiger partial charge is 0.462 e. The molecule has 1 aromatic heterocycles. The summed E-state index contributed by atoms with van der Waals surface area (Å²) in [5.74, 6) is -0.718. The summed E-state index contributed by atoms with van der Waals surface area (Å²) >= 11 is 0. The number of carbonyl (C=O) groups excluding carboxylic acids is 1. The second-order valence-corrected chi connectivity index (χ2v) is 4.53. The first-order valence-corrected chi connectivity index (χ1v) is 6.86. The smallest absolute Gasteiger partial charge is 0.341 e. The van der Waals surface area contributed by atoms with Crippen LogP contribution in [0.3, 0.4) is 0 Å². The minimum absolute atomic E-state index is 0.0921. The summed E-state index contributed by atoms with van der Waals surface area (Å²) in [6.07, 6.45) is -1.30. The van der Waals surface area contributed by atoms with Gasteiger partial charge in [0.1, 0.15) is 16.9 Å². The van der Waals surface area contributed by atoms with Crippen LogP contribution in [-0.4, -0.2) is 29.2 Å². The van der Waals surface area contributed by atoms with Crippen LogP contribution in [0.1, 0.15) is 62.4 Å². The predicted molar refractivity (Wildman–Crippen MR) is 72.2 cm³/mol. The van der Waals surface area contributed by atoms with Crippen LogP contribution in [-0.2, 0) is 15.1 Å². The summed E-state index contributed by atoms with van der Waals surface area (Å²) in [6.45, 7) is 7.46. The van der Waals surface area contributed by atoms with E-state index in [1.165, 1.54) is 0 Å². The van der Waals surface area contributed by atoms with E-state index in [2.05, 4.69) is 9.97 Å². The van der Waals surface area contributed by atoms with Crippen LogP contribution in [0.4, 0.5) is 8.78 Å². The highest BCUT2D eigenvalue weighted by Crippen LogP contribution is 2.29. The molecule has 5 nitrogen and oxygen atoms in total. The Hall–Kier alpha value is -1.63. The number of alkyl halides is 2. The standard InChI is InChI=1S/C14H20F2N2O3/c1-5-14(4,21-7-3)13-17-8-9(12(19)20-6-2)10(18-13)11(15)16/h8,11H,5-7H2,1-4H3. The topological polar surface area (TPSA) is 61.3 Å². The molecule has 0 saturated carbocycles. The van der Waals surface area contributed by atoms with Gasteiger partial charge in [-0.05, 0) is 27.2 Å². The second kappa shape index (κ2) is 7.40. The highest BCUT2D eigenvalue weighted by molar-refractivity contribution is 5.90. The molecule has 7 heteroatoms. The molecule has 0 bridgehead atoms. The molecule has 118 valence electrons. The fourth-order valence-corrected chi connectivity index (χ4v) is 1.83. The number of hydrogen-bond donors (Lipinski definition) is 0. The van der Waals surface area contributed by atoms with E-state index in [1.54, 1.807) is 20.8 Å². The molecule has 1 atom stereocenters. The molecule has 0 aromatic carbocycles. The fourth-order valence-electron chi connectivity index (χ4n) is 1.83. The molecule has 1 aromatic rings. The molecular formula is C14H20F2N2O3. The predicted octanol–water partition coefficient (Wildman–Crippen LogP) is 3.25. The summed E-state index contributed by atoms with van der Waals surface area (Å²) in [7, 11) is 0. The van der Waals surface area contributed by atoms with Gasteiger partial charge in [0.25, 0.3) is 6.43 Å². The van der Waals surface area contributed by atoms with E-state index in [9.17, 15) is 13.6 Å². The molecule has 1 unspecified atom stereocenters. The number of ether oxygens (including phenoxy) is 2. The highest BCUT2D eigenvalue weighted by Gasteiger charge is 2.31. The molecule has 21 heavy (non-hydrogen) atoms. The number of esters is 1. The van der Waals surface area contributed by atoms with Crippen molar-refractivity contribution in [3.8, 4) is 0 Å². The summed E-state index contributed by atoms with van der Waals surface area (Å²) in [5.41, 5.74) is -1.81. The third-order valence-corrected chi connectivity index (χ3v) is 3.13. The van der Waals surface area contributed by atoms with Gasteiger partial charge in [-0.3, -0.25) is 0 Å². The van der Waals surface area contributed by atoms with Crippen molar-refractivity contribution in [2.45, 2.75) is 46.1 Å². The van der Waals surface area contributed by atoms with Gasteiger partial charge in [0.2, 0.25) is 0 Å². The zero-order valence-electron chi connectivity index (χ0n) is 12.7. The SMILES string of the molecule is CCOC(=O)c1cnc(C(C)(CC)OCC)nc1C(F)F. The maximum Gasteiger partial charge on any atom is 0.341 e. The number of aromatic nitrogens is 2. The van der Waals surface area contributed by atoms with Gasteiger partial charge < -0.3 is 9.47 Å². The molecule has 0 saturated heterocycles. The molecule has 1 heterocycles. The Morgan fingerprint density at radius 1 is 1.33 bits per heavy atom. The van der Waals surface area contributed by atoms with Gasteiger partial charge in [-0.1, -0.05) is 6.92 Å². The number of rotatable bonds is 7. The number of nitrogens with zero attached hydrogens (tertiary/aromatic N) is 2. The average molecular weight is 302 g/mol. The lowest BCUT2D eigenvalue weighted by atomic mass is 10.0. The number of halogens is 2. The van der Waals surface area contributed by atoms with Crippen molar-refractivity contribution in [2.24, 2.45) is 0 Å². The zero-order valence-corrected chi connectivity index (χ0v) is 12.7. The van der Waals surface area contributed by atoms with E-state index in [4.69, 9.17) is 9.47 Å². The quantitative estimate of drug-likeness (QED) is 0.723. The summed E-state index contributed by atoms with van der Waals surface area (Å²) in [6, 6.07) is 0. The van der Waals surface area contributed by atoms with Crippen molar-refractivity contribution >= 4 is 5.97 Å². The number of carbonyl (C=O) groups is 1. The van der Waals surface area contributed by atoms with Crippen LogP contribution in [0.15, 0.2) is 6.20 Å². The van der Waals surface area contributed by atoms with Gasteiger partial charge >= 0.3 is 5.97 Å². The molecule has 0 spiro atoms. The van der Waals surface area contributed by atoms with Crippen LogP contribution in [0, 0.1) is 0 Å². The monoisotopic (exact) mass is 302 g/mol. The van der Waals surface area contributed by atoms with Crippen molar-refractivity contribution in [3.05, 3.63) is 23.3 Å². The van der Waals surface area contributed by atoms with E-state index in [1.807, 2.05) is 6.92 Å². The normalized spacial score (nSPS) is 14.0. The van der Waals surface area contributed by atoms with E-state index in [0.29, 0.717) is 13.0 Å². The lowest BCUT2D eigenvalue weighted by molar-refractivity contribution is -0.0396. The summed E-state index contributed by atoms with van der Waals surface area (Å²) < 4.78 is 36.6. The van der Waals surface area contributed by atoms with Crippen LogP contribution >= 0.6 is 0 Å². The zero-order chi connectivity index (χ0) is 16.0. The van der Waals surface area contributed by atoms with Gasteiger partial charge in [0.15, 0.2) is 5.82 Å². The van der Waals surface area contributed by atoms with Crippen LogP contribution in [0.2, 0.25) is 0 Å². The summed E-state index contributed by atoms with van der Waals surface area (Å²) in [4.78, 5) is 19.5. The Balaban J connectivity index is 3.28. The molecule has 1 rings (SSSR count). The Kier molecular flexibility index (Phi) is 6.14. The first-order chi connectivity index (χ1) is 9.89. The van der Waals surface area contributed by atoms with Gasteiger partial charge in [0.05, 0.1) is 6.61 Å². The fraction of sp³-hybridized carbons (Fsp3) is 0.643. The van der Waals surface area contributed by atoms with E-state index < -0.39 is 23.7 Å². The van der Waals surface area contributed by atoms with Crippen LogP contribution < -0.4 is 0 Å². The Morgan fingerprint density at radius 2 is 2.00 bits per heavy atom. The molecule has 0 aliphatic rings. The molecule has 0 fully saturated rings. The van der Waals surface area contributed by atoms with Gasteiger partial charge in [-0.2, -0.15) is 0 Å². The first-order valence-electron chi connectivity index (χ1n) is 6.86. The van der Waals surface area contributed by atoms with Crippen molar-refractivity contribution in [1.82, 2.24) is 9.97 Å². The Labute approximate surface area is 122 Å². The van der Waals surface area contributed by atoms with Crippen molar-refractivity contribution < 1.29 is 23.0 Å². The lowest BCUT2D eigenvalue weighted by Gasteiger charge is -2.27. The molecule has 0 radical (unpaired) electrons. The molecule has 0 amide bonds. The van der Waals surface area contributed by atoms with E-state index in [-0.39, 0.29) is 18.0 Å². The lowest BCUT2D eigenvalue weighted by Crippen LogP contribution is -2.29. The van der Waals surface area contributed by atoms with Crippen LogP contribution in [0.5, 0.6) is 0 Å². The molecule has 0 aliphatic carbocycles. The molecular weight excluding hydrogens is 282 g/mol. The van der Waals surface area contributed by atoms with E-state index in [0.717, 1.165) is 6.20 Å². The Bertz CT molecular complexity index is 497.